The predicted octanol–water partition coefficient (Wildman–Crippen LogP) is 23.5. The molecule has 1 unspecified atom stereocenters. The zero-order chi connectivity index (χ0) is 52.2. The van der Waals surface area contributed by atoms with Crippen LogP contribution in [0.15, 0.2) is 12.7 Å². The smallest absolute Gasteiger partial charge is 0.306 e. The molecule has 0 saturated carbocycles. The van der Waals surface area contributed by atoms with Crippen LogP contribution in [0.25, 0.3) is 0 Å². The maximum absolute atomic E-state index is 14.2. The van der Waals surface area contributed by atoms with Crippen molar-refractivity contribution in [2.75, 3.05) is 19.7 Å². The highest BCUT2D eigenvalue weighted by molar-refractivity contribution is 5.83. The van der Waals surface area contributed by atoms with Gasteiger partial charge in [0, 0.05) is 19.0 Å². The second-order valence-electron chi connectivity index (χ2n) is 23.3. The molecule has 0 N–H and O–H groups in total. The Balaban J connectivity index is 4.01. The number of ether oxygens (including phenoxy) is 1. The number of amides is 1. The maximum Gasteiger partial charge on any atom is 0.306 e. The lowest BCUT2D eigenvalue weighted by Gasteiger charge is -2.27. The van der Waals surface area contributed by atoms with Crippen LogP contribution < -0.4 is 0 Å². The average molecular weight is 1010 g/mol. The third kappa shape index (κ3) is 54.9. The molecular weight excluding hydrogens is 879 g/mol. The second kappa shape index (κ2) is 62.2. The van der Waals surface area contributed by atoms with Gasteiger partial charge in [-0.15, -0.1) is 6.58 Å². The van der Waals surface area contributed by atoms with Crippen LogP contribution in [-0.2, 0) is 14.3 Å². The Kier molecular flexibility index (Phi) is 61.1. The summed E-state index contributed by atoms with van der Waals surface area (Å²) < 4.78 is 5.75. The van der Waals surface area contributed by atoms with E-state index in [1.165, 1.54) is 321 Å². The lowest BCUT2D eigenvalue weighted by atomic mass is 9.95. The molecule has 4 nitrogen and oxygen atoms in total. The normalized spacial score (nSPS) is 11.9. The summed E-state index contributed by atoms with van der Waals surface area (Å²) in [5.74, 6) is -0.153. The van der Waals surface area contributed by atoms with Gasteiger partial charge in [0.15, 0.2) is 0 Å². The quantitative estimate of drug-likeness (QED) is 0.0346. The van der Waals surface area contributed by atoms with Crippen molar-refractivity contribution in [2.24, 2.45) is 5.92 Å². The van der Waals surface area contributed by atoms with E-state index in [1.807, 2.05) is 0 Å². The zero-order valence-corrected chi connectivity index (χ0v) is 50.0. The summed E-state index contributed by atoms with van der Waals surface area (Å²) in [7, 11) is 0. The van der Waals surface area contributed by atoms with E-state index in [-0.39, 0.29) is 24.2 Å². The molecule has 0 bridgehead atoms. The molecule has 428 valence electrons. The molecule has 0 aliphatic heterocycles. The van der Waals surface area contributed by atoms with Crippen LogP contribution in [0.4, 0.5) is 0 Å². The van der Waals surface area contributed by atoms with E-state index in [0.717, 1.165) is 51.6 Å². The van der Waals surface area contributed by atoms with Crippen LogP contribution in [0.3, 0.4) is 0 Å². The number of nitrogens with zero attached hydrogens (tertiary/aromatic N) is 1. The van der Waals surface area contributed by atoms with Gasteiger partial charge in [-0.1, -0.05) is 348 Å². The Bertz CT molecular complexity index is 1040. The molecule has 0 saturated heterocycles. The molecule has 0 aliphatic carbocycles. The van der Waals surface area contributed by atoms with E-state index in [2.05, 4.69) is 38.3 Å². The summed E-state index contributed by atoms with van der Waals surface area (Å²) in [6.07, 6.45) is 77.2. The number of carbonyl (C=O) groups is 2. The van der Waals surface area contributed by atoms with E-state index in [0.29, 0.717) is 6.61 Å². The number of rotatable bonds is 63. The van der Waals surface area contributed by atoms with Crippen molar-refractivity contribution in [3.8, 4) is 0 Å². The Labute approximate surface area is 454 Å². The number of unbranched alkanes of at least 4 members (excludes halogenated alkanes) is 51. The Hall–Kier alpha value is -1.32. The minimum atomic E-state index is -0.228. The molecule has 0 aromatic heterocycles. The molecule has 0 radical (unpaired) electrons. The Morgan fingerprint density at radius 2 is 0.597 bits per heavy atom. The van der Waals surface area contributed by atoms with Gasteiger partial charge in [0.2, 0.25) is 5.91 Å². The number of carbonyl (C=O) groups excluding carboxylic acids is 2. The van der Waals surface area contributed by atoms with E-state index in [4.69, 9.17) is 4.74 Å². The average Bonchev–Trinajstić information content (AvgIpc) is 3.38. The fourth-order valence-corrected chi connectivity index (χ4v) is 11.1. The summed E-state index contributed by atoms with van der Waals surface area (Å²) in [5.41, 5.74) is 0. The van der Waals surface area contributed by atoms with Gasteiger partial charge in [-0.2, -0.15) is 0 Å². The lowest BCUT2D eigenvalue weighted by molar-refractivity contribution is -0.149. The molecule has 0 fully saturated rings. The maximum atomic E-state index is 14.2. The van der Waals surface area contributed by atoms with Gasteiger partial charge in [0.1, 0.15) is 0 Å². The molecule has 0 aliphatic rings. The Morgan fingerprint density at radius 1 is 0.347 bits per heavy atom. The van der Waals surface area contributed by atoms with Gasteiger partial charge in [0.25, 0.3) is 0 Å². The van der Waals surface area contributed by atoms with E-state index in [1.54, 1.807) is 0 Å². The van der Waals surface area contributed by atoms with Gasteiger partial charge in [-0.05, 0) is 38.5 Å². The van der Waals surface area contributed by atoms with Gasteiger partial charge in [-0.25, -0.2) is 0 Å². The monoisotopic (exact) mass is 1010 g/mol. The van der Waals surface area contributed by atoms with Crippen LogP contribution in [0, 0.1) is 5.92 Å². The first-order valence-electron chi connectivity index (χ1n) is 33.7. The minimum absolute atomic E-state index is 0.156. The first-order chi connectivity index (χ1) is 35.6. The largest absolute Gasteiger partial charge is 0.466 e. The van der Waals surface area contributed by atoms with Crippen LogP contribution in [0.2, 0.25) is 0 Å². The number of hydrogen-bond donors (Lipinski definition) is 0. The standard InChI is InChI=1S/C68H133NO3/c1-5-9-13-17-21-22-23-24-25-26-27-28-29-30-31-32-33-34-35-36-37-38-39-40-41-42-43-44-45-46-47-48-49-50-51-52-53-57-61-66(65-67(70)72-64-60-56-20-16-12-8-4)68(71)69(62-58-54-18-14-10-6-2)63-59-55-19-15-11-7-3/h5,66H,1,6-65H2,2-4H3. The number of hydrogen-bond acceptors (Lipinski definition) is 3. The van der Waals surface area contributed by atoms with Crippen molar-refractivity contribution < 1.29 is 14.3 Å². The van der Waals surface area contributed by atoms with E-state index in [9.17, 15) is 9.59 Å². The van der Waals surface area contributed by atoms with Crippen LogP contribution in [-0.4, -0.2) is 36.5 Å². The fourth-order valence-electron chi connectivity index (χ4n) is 11.1. The zero-order valence-electron chi connectivity index (χ0n) is 50.0. The number of esters is 1. The molecule has 0 aromatic rings. The molecule has 1 amide bonds. The topological polar surface area (TPSA) is 46.6 Å². The molecule has 4 heteroatoms. The fraction of sp³-hybridized carbons (Fsp3) is 0.941. The summed E-state index contributed by atoms with van der Waals surface area (Å²) in [6, 6.07) is 0. The highest BCUT2D eigenvalue weighted by atomic mass is 16.5. The second-order valence-corrected chi connectivity index (χ2v) is 23.3. The van der Waals surface area contributed by atoms with Crippen LogP contribution in [0.1, 0.15) is 387 Å². The van der Waals surface area contributed by atoms with Gasteiger partial charge >= 0.3 is 5.97 Å². The van der Waals surface area contributed by atoms with Crippen molar-refractivity contribution >= 4 is 11.9 Å². The first kappa shape index (κ1) is 70.7. The molecular formula is C68H133NO3. The molecule has 0 spiro atoms. The van der Waals surface area contributed by atoms with E-state index < -0.39 is 0 Å². The molecule has 0 heterocycles. The van der Waals surface area contributed by atoms with E-state index >= 15 is 0 Å². The van der Waals surface area contributed by atoms with Crippen molar-refractivity contribution in [2.45, 2.75) is 387 Å². The predicted molar refractivity (Wildman–Crippen MR) is 321 cm³/mol. The summed E-state index contributed by atoms with van der Waals surface area (Å²) in [4.78, 5) is 29.5. The summed E-state index contributed by atoms with van der Waals surface area (Å²) >= 11 is 0. The highest BCUT2D eigenvalue weighted by Gasteiger charge is 2.27. The summed E-state index contributed by atoms with van der Waals surface area (Å²) in [5, 5.41) is 0. The molecule has 0 rings (SSSR count). The molecule has 0 aromatic carbocycles. The van der Waals surface area contributed by atoms with Crippen molar-refractivity contribution in [3.05, 3.63) is 12.7 Å². The minimum Gasteiger partial charge on any atom is -0.466 e. The summed E-state index contributed by atoms with van der Waals surface area (Å²) in [6.45, 7) is 12.8. The van der Waals surface area contributed by atoms with Gasteiger partial charge < -0.3 is 9.64 Å². The third-order valence-corrected chi connectivity index (χ3v) is 16.1. The van der Waals surface area contributed by atoms with Crippen molar-refractivity contribution in [1.29, 1.82) is 0 Å². The molecule has 72 heavy (non-hydrogen) atoms. The number of allylic oxidation sites excluding steroid dienone is 1. The van der Waals surface area contributed by atoms with Crippen molar-refractivity contribution in [1.82, 2.24) is 4.90 Å². The highest BCUT2D eigenvalue weighted by Crippen LogP contribution is 2.23. The van der Waals surface area contributed by atoms with Crippen LogP contribution in [0.5, 0.6) is 0 Å². The van der Waals surface area contributed by atoms with Gasteiger partial charge in [0.05, 0.1) is 13.0 Å². The van der Waals surface area contributed by atoms with Crippen molar-refractivity contribution in [3.63, 3.8) is 0 Å². The Morgan fingerprint density at radius 3 is 0.889 bits per heavy atom. The third-order valence-electron chi connectivity index (χ3n) is 16.1. The SMILES string of the molecule is C=CCCCCCCCCCCCCCCCCCCCCCCCCCCCCCCCCCCCCCCC(CC(=O)OCCCCCCCC)C(=O)N(CCCCCCCC)CCCCCCCC. The van der Waals surface area contributed by atoms with Crippen LogP contribution >= 0.6 is 0 Å². The lowest BCUT2D eigenvalue weighted by Crippen LogP contribution is -2.38. The van der Waals surface area contributed by atoms with Gasteiger partial charge in [-0.3, -0.25) is 9.59 Å². The molecule has 1 atom stereocenters. The first-order valence-corrected chi connectivity index (χ1v) is 33.7.